The Morgan fingerprint density at radius 1 is 1.00 bits per heavy atom. The van der Waals surface area contributed by atoms with E-state index in [1.54, 1.807) is 20.5 Å². The predicted molar refractivity (Wildman–Crippen MR) is 109 cm³/mol. The fourth-order valence-electron chi connectivity index (χ4n) is 3.79. The zero-order valence-electron chi connectivity index (χ0n) is 16.7. The number of hydrogen-bond donors (Lipinski definition) is 1. The van der Waals surface area contributed by atoms with Gasteiger partial charge in [-0.2, -0.15) is 10.1 Å². The Morgan fingerprint density at radius 3 is 2.39 bits per heavy atom. The molecule has 0 saturated carbocycles. The van der Waals surface area contributed by atoms with Crippen LogP contribution in [-0.4, -0.2) is 29.0 Å². The molecule has 3 aromatic rings. The van der Waals surface area contributed by atoms with Gasteiger partial charge in [0.1, 0.15) is 6.33 Å². The first-order valence-electron chi connectivity index (χ1n) is 9.58. The Labute approximate surface area is 165 Å². The number of hydrogen-bond acceptors (Lipinski definition) is 5. The lowest BCUT2D eigenvalue weighted by Gasteiger charge is -2.32. The summed E-state index contributed by atoms with van der Waals surface area (Å²) in [6.07, 6.45) is 2.47. The summed E-state index contributed by atoms with van der Waals surface area (Å²) in [4.78, 5) is 4.42. The molecule has 0 saturated heterocycles. The van der Waals surface area contributed by atoms with Gasteiger partial charge in [-0.3, -0.25) is 0 Å². The monoisotopic (exact) mass is 378 g/mol. The van der Waals surface area contributed by atoms with Gasteiger partial charge in [0, 0.05) is 0 Å². The van der Waals surface area contributed by atoms with E-state index in [1.807, 2.05) is 16.8 Å². The van der Waals surface area contributed by atoms with Crippen LogP contribution in [0.4, 0.5) is 5.95 Å². The molecule has 2 atom stereocenters. The smallest absolute Gasteiger partial charge is 0.222 e. The lowest BCUT2D eigenvalue weighted by Crippen LogP contribution is -2.28. The summed E-state index contributed by atoms with van der Waals surface area (Å²) in [5.41, 5.74) is 3.72. The summed E-state index contributed by atoms with van der Waals surface area (Å²) in [6.45, 7) is 4.42. The molecular weight excluding hydrogens is 352 g/mol. The molecule has 4 rings (SSSR count). The Balaban J connectivity index is 1.68. The van der Waals surface area contributed by atoms with Gasteiger partial charge in [-0.05, 0) is 41.2 Å². The number of anilines is 1. The first kappa shape index (κ1) is 18.3. The molecule has 146 valence electrons. The van der Waals surface area contributed by atoms with Crippen molar-refractivity contribution >= 4 is 5.95 Å². The van der Waals surface area contributed by atoms with E-state index in [9.17, 15) is 0 Å². The molecular formula is C22H26N4O2. The Kier molecular flexibility index (Phi) is 4.94. The van der Waals surface area contributed by atoms with Crippen molar-refractivity contribution in [3.05, 3.63) is 65.5 Å². The van der Waals surface area contributed by atoms with Gasteiger partial charge in [0.15, 0.2) is 11.5 Å². The quantitative estimate of drug-likeness (QED) is 0.705. The normalized spacial score (nSPS) is 18.5. The van der Waals surface area contributed by atoms with Crippen molar-refractivity contribution in [3.8, 4) is 11.5 Å². The third kappa shape index (κ3) is 3.30. The van der Waals surface area contributed by atoms with Gasteiger partial charge < -0.3 is 14.8 Å². The van der Waals surface area contributed by atoms with Crippen molar-refractivity contribution in [2.45, 2.75) is 38.3 Å². The van der Waals surface area contributed by atoms with Crippen LogP contribution in [0.15, 0.2) is 48.8 Å². The van der Waals surface area contributed by atoms with Crippen LogP contribution in [0.1, 0.15) is 55.0 Å². The van der Waals surface area contributed by atoms with Crippen LogP contribution >= 0.6 is 0 Å². The third-order valence-corrected chi connectivity index (χ3v) is 5.43. The number of nitrogens with one attached hydrogen (secondary N) is 1. The summed E-state index contributed by atoms with van der Waals surface area (Å²) in [5, 5.41) is 7.98. The molecule has 1 aliphatic rings. The Hall–Kier alpha value is -3.02. The first-order chi connectivity index (χ1) is 13.6. The maximum atomic E-state index is 5.50. The second kappa shape index (κ2) is 7.54. The van der Waals surface area contributed by atoms with Crippen molar-refractivity contribution in [1.29, 1.82) is 0 Å². The van der Waals surface area contributed by atoms with Crippen molar-refractivity contribution in [3.63, 3.8) is 0 Å². The van der Waals surface area contributed by atoms with Gasteiger partial charge in [0.2, 0.25) is 5.95 Å². The molecule has 2 unspecified atom stereocenters. The fourth-order valence-corrected chi connectivity index (χ4v) is 3.79. The summed E-state index contributed by atoms with van der Waals surface area (Å²) in [5.74, 6) is 2.75. The average Bonchev–Trinajstić information content (AvgIpc) is 3.21. The highest BCUT2D eigenvalue weighted by atomic mass is 16.5. The van der Waals surface area contributed by atoms with E-state index < -0.39 is 0 Å². The number of nitrogens with zero attached hydrogens (tertiary/aromatic N) is 3. The number of benzene rings is 2. The zero-order chi connectivity index (χ0) is 19.7. The number of fused-ring (bicyclic) bond motifs is 1. The van der Waals surface area contributed by atoms with E-state index in [1.165, 1.54) is 11.1 Å². The molecule has 6 nitrogen and oxygen atoms in total. The molecule has 1 N–H and O–H groups in total. The Morgan fingerprint density at radius 2 is 1.71 bits per heavy atom. The molecule has 2 heterocycles. The second-order valence-corrected chi connectivity index (χ2v) is 7.41. The Bertz CT molecular complexity index is 949. The van der Waals surface area contributed by atoms with Gasteiger partial charge in [-0.1, -0.05) is 44.2 Å². The van der Waals surface area contributed by atoms with Gasteiger partial charge in [0.05, 0.1) is 26.3 Å². The molecule has 1 aromatic heterocycles. The van der Waals surface area contributed by atoms with E-state index >= 15 is 0 Å². The van der Waals surface area contributed by atoms with Crippen LogP contribution in [0.25, 0.3) is 0 Å². The molecule has 0 amide bonds. The van der Waals surface area contributed by atoms with E-state index in [4.69, 9.17) is 9.47 Å². The van der Waals surface area contributed by atoms with Crippen molar-refractivity contribution < 1.29 is 9.47 Å². The van der Waals surface area contributed by atoms with Crippen molar-refractivity contribution in [1.82, 2.24) is 14.8 Å². The van der Waals surface area contributed by atoms with Gasteiger partial charge >= 0.3 is 0 Å². The van der Waals surface area contributed by atoms with Gasteiger partial charge in [0.25, 0.3) is 0 Å². The average molecular weight is 378 g/mol. The predicted octanol–water partition coefficient (Wildman–Crippen LogP) is 4.57. The lowest BCUT2D eigenvalue weighted by atomic mass is 9.92. The highest BCUT2D eigenvalue weighted by Gasteiger charge is 2.30. The molecule has 0 fully saturated rings. The van der Waals surface area contributed by atoms with Crippen LogP contribution in [0.2, 0.25) is 0 Å². The standard InChI is InChI=1S/C22H26N4O2/c1-14(2)15-5-7-16(8-6-15)18-12-19(26-22(25-18)23-13-24-26)17-9-10-20(27-3)21(11-17)28-4/h5-11,13-14,18-19H,12H2,1-4H3,(H,23,24,25). The number of aromatic nitrogens is 3. The fraction of sp³-hybridized carbons (Fsp3) is 0.364. The number of rotatable bonds is 5. The van der Waals surface area contributed by atoms with Crippen LogP contribution < -0.4 is 14.8 Å². The van der Waals surface area contributed by atoms with Gasteiger partial charge in [-0.25, -0.2) is 4.68 Å². The molecule has 0 spiro atoms. The van der Waals surface area contributed by atoms with Crippen LogP contribution in [-0.2, 0) is 0 Å². The summed E-state index contributed by atoms with van der Waals surface area (Å²) in [7, 11) is 3.30. The largest absolute Gasteiger partial charge is 0.493 e. The van der Waals surface area contributed by atoms with Gasteiger partial charge in [-0.15, -0.1) is 0 Å². The van der Waals surface area contributed by atoms with E-state index in [2.05, 4.69) is 59.6 Å². The molecule has 0 aliphatic carbocycles. The van der Waals surface area contributed by atoms with Crippen LogP contribution in [0, 0.1) is 0 Å². The molecule has 28 heavy (non-hydrogen) atoms. The molecule has 0 radical (unpaired) electrons. The van der Waals surface area contributed by atoms with E-state index in [-0.39, 0.29) is 12.1 Å². The number of methoxy groups -OCH3 is 2. The highest BCUT2D eigenvalue weighted by Crippen LogP contribution is 2.40. The molecule has 2 aromatic carbocycles. The second-order valence-electron chi connectivity index (χ2n) is 7.41. The maximum Gasteiger partial charge on any atom is 0.222 e. The SMILES string of the molecule is COc1ccc(C2CC(c3ccc(C(C)C)cc3)Nc3ncnn32)cc1OC. The minimum Gasteiger partial charge on any atom is -0.493 e. The zero-order valence-corrected chi connectivity index (χ0v) is 16.7. The molecule has 6 heteroatoms. The third-order valence-electron chi connectivity index (χ3n) is 5.43. The minimum atomic E-state index is 0.0633. The van der Waals surface area contributed by atoms with Crippen LogP contribution in [0.3, 0.4) is 0 Å². The topological polar surface area (TPSA) is 61.2 Å². The molecule has 1 aliphatic heterocycles. The summed E-state index contributed by atoms with van der Waals surface area (Å²) < 4.78 is 12.8. The lowest BCUT2D eigenvalue weighted by molar-refractivity contribution is 0.352. The van der Waals surface area contributed by atoms with Crippen LogP contribution in [0.5, 0.6) is 11.5 Å². The first-order valence-corrected chi connectivity index (χ1v) is 9.58. The van der Waals surface area contributed by atoms with Crippen molar-refractivity contribution in [2.24, 2.45) is 0 Å². The molecule has 0 bridgehead atoms. The van der Waals surface area contributed by atoms with Crippen molar-refractivity contribution in [2.75, 3.05) is 19.5 Å². The highest BCUT2D eigenvalue weighted by molar-refractivity contribution is 5.46. The minimum absolute atomic E-state index is 0.0633. The van der Waals surface area contributed by atoms with E-state index in [0.29, 0.717) is 5.92 Å². The maximum absolute atomic E-state index is 5.50. The summed E-state index contributed by atoms with van der Waals surface area (Å²) >= 11 is 0. The summed E-state index contributed by atoms with van der Waals surface area (Å²) in [6, 6.07) is 15.1. The number of ether oxygens (including phenoxy) is 2. The van der Waals surface area contributed by atoms with E-state index in [0.717, 1.165) is 29.4 Å².